The summed E-state index contributed by atoms with van der Waals surface area (Å²) in [6.07, 6.45) is 0. The van der Waals surface area contributed by atoms with Crippen molar-refractivity contribution in [2.45, 2.75) is 13.2 Å². The van der Waals surface area contributed by atoms with Gasteiger partial charge < -0.3 is 9.47 Å². The molecule has 0 atom stereocenters. The molecule has 0 bridgehead atoms. The molecule has 0 N–H and O–H groups in total. The molecule has 2 aromatic heterocycles. The molecule has 4 rings (SSSR count). The monoisotopic (exact) mass is 376 g/mol. The van der Waals surface area contributed by atoms with Crippen LogP contribution in [0.5, 0.6) is 5.75 Å². The van der Waals surface area contributed by atoms with Crippen LogP contribution >= 0.6 is 0 Å². The van der Waals surface area contributed by atoms with E-state index in [0.717, 1.165) is 16.9 Å². The van der Waals surface area contributed by atoms with Gasteiger partial charge in [-0.05, 0) is 17.7 Å². The van der Waals surface area contributed by atoms with Crippen LogP contribution in [0.1, 0.15) is 11.3 Å². The number of ether oxygens (including phenoxy) is 2. The molecule has 0 amide bonds. The van der Waals surface area contributed by atoms with E-state index >= 15 is 0 Å². The van der Waals surface area contributed by atoms with Crippen molar-refractivity contribution >= 4 is 5.65 Å². The second-order valence-corrected chi connectivity index (χ2v) is 6.36. The maximum absolute atomic E-state index is 13.1. The molecule has 7 nitrogen and oxygen atoms in total. The zero-order valence-electron chi connectivity index (χ0n) is 15.7. The number of hydrogen-bond acceptors (Lipinski definition) is 5. The van der Waals surface area contributed by atoms with E-state index in [1.165, 1.54) is 9.08 Å². The summed E-state index contributed by atoms with van der Waals surface area (Å²) in [5.41, 5.74) is 2.78. The van der Waals surface area contributed by atoms with Crippen molar-refractivity contribution in [3.05, 3.63) is 82.4 Å². The summed E-state index contributed by atoms with van der Waals surface area (Å²) in [7, 11) is 3.23. The summed E-state index contributed by atoms with van der Waals surface area (Å²) < 4.78 is 13.5. The molecule has 0 spiro atoms. The van der Waals surface area contributed by atoms with Crippen LogP contribution in [0.25, 0.3) is 17.0 Å². The standard InChI is InChI=1S/C21H20N4O3/c1-27-14-17-12-19-23-24(13-15-7-6-10-18(11-15)28-2)21(26)25(19)20(22-17)16-8-4-3-5-9-16/h3-12H,13-14H2,1-2H3. The first-order valence-corrected chi connectivity index (χ1v) is 8.86. The van der Waals surface area contributed by atoms with E-state index in [2.05, 4.69) is 10.1 Å². The average Bonchev–Trinajstić information content (AvgIpc) is 3.04. The third kappa shape index (κ3) is 3.39. The highest BCUT2D eigenvalue weighted by Gasteiger charge is 2.15. The lowest BCUT2D eigenvalue weighted by Crippen LogP contribution is -2.23. The highest BCUT2D eigenvalue weighted by atomic mass is 16.5. The third-order valence-electron chi connectivity index (χ3n) is 4.41. The Balaban J connectivity index is 1.86. The van der Waals surface area contributed by atoms with Gasteiger partial charge in [-0.15, -0.1) is 5.10 Å². The van der Waals surface area contributed by atoms with Crippen molar-refractivity contribution in [2.24, 2.45) is 0 Å². The Bertz CT molecular complexity index is 1170. The fourth-order valence-corrected chi connectivity index (χ4v) is 3.13. The first kappa shape index (κ1) is 17.9. The van der Waals surface area contributed by atoms with Crippen molar-refractivity contribution in [3.8, 4) is 17.1 Å². The first-order chi connectivity index (χ1) is 13.7. The van der Waals surface area contributed by atoms with E-state index in [-0.39, 0.29) is 5.69 Å². The average molecular weight is 376 g/mol. The summed E-state index contributed by atoms with van der Waals surface area (Å²) >= 11 is 0. The molecule has 0 aliphatic carbocycles. The number of fused-ring (bicyclic) bond motifs is 1. The van der Waals surface area contributed by atoms with E-state index in [1.807, 2.05) is 54.6 Å². The molecule has 28 heavy (non-hydrogen) atoms. The van der Waals surface area contributed by atoms with Crippen molar-refractivity contribution in [1.82, 2.24) is 19.2 Å². The van der Waals surface area contributed by atoms with Crippen LogP contribution in [0, 0.1) is 0 Å². The van der Waals surface area contributed by atoms with Gasteiger partial charge in [0.2, 0.25) is 0 Å². The third-order valence-corrected chi connectivity index (χ3v) is 4.41. The number of methoxy groups -OCH3 is 2. The van der Waals surface area contributed by atoms with Crippen molar-refractivity contribution in [3.63, 3.8) is 0 Å². The van der Waals surface area contributed by atoms with Crippen LogP contribution in [0.3, 0.4) is 0 Å². The summed E-state index contributed by atoms with van der Waals surface area (Å²) in [6.45, 7) is 0.679. The summed E-state index contributed by atoms with van der Waals surface area (Å²) in [6, 6.07) is 19.0. The van der Waals surface area contributed by atoms with Gasteiger partial charge in [0.25, 0.3) is 0 Å². The molecule has 0 fully saturated rings. The van der Waals surface area contributed by atoms with Crippen LogP contribution in [-0.2, 0) is 17.9 Å². The van der Waals surface area contributed by atoms with Gasteiger partial charge in [-0.1, -0.05) is 42.5 Å². The van der Waals surface area contributed by atoms with Gasteiger partial charge in [-0.3, -0.25) is 0 Å². The van der Waals surface area contributed by atoms with Gasteiger partial charge in [0.15, 0.2) is 5.65 Å². The summed E-state index contributed by atoms with van der Waals surface area (Å²) in [4.78, 5) is 17.7. The van der Waals surface area contributed by atoms with Crippen molar-refractivity contribution < 1.29 is 9.47 Å². The smallest absolute Gasteiger partial charge is 0.352 e. The number of rotatable bonds is 6. The zero-order valence-corrected chi connectivity index (χ0v) is 15.7. The van der Waals surface area contributed by atoms with Crippen molar-refractivity contribution in [1.29, 1.82) is 0 Å². The van der Waals surface area contributed by atoms with E-state index in [4.69, 9.17) is 9.47 Å². The Morgan fingerprint density at radius 2 is 1.82 bits per heavy atom. The lowest BCUT2D eigenvalue weighted by atomic mass is 10.2. The molecule has 0 aliphatic heterocycles. The van der Waals surface area contributed by atoms with Gasteiger partial charge in [-0.2, -0.15) is 0 Å². The minimum absolute atomic E-state index is 0.242. The molecule has 0 unspecified atom stereocenters. The quantitative estimate of drug-likeness (QED) is 0.517. The number of aromatic nitrogens is 4. The topological polar surface area (TPSA) is 70.7 Å². The lowest BCUT2D eigenvalue weighted by molar-refractivity contribution is 0.181. The number of hydrogen-bond donors (Lipinski definition) is 0. The second-order valence-electron chi connectivity index (χ2n) is 6.36. The molecule has 2 heterocycles. The molecule has 7 heteroatoms. The van der Waals surface area contributed by atoms with Crippen LogP contribution in [0.15, 0.2) is 65.5 Å². The summed E-state index contributed by atoms with van der Waals surface area (Å²) in [5, 5.41) is 4.52. The Labute approximate surface area is 161 Å². The van der Waals surface area contributed by atoms with Crippen molar-refractivity contribution in [2.75, 3.05) is 14.2 Å². The fourth-order valence-electron chi connectivity index (χ4n) is 3.13. The summed E-state index contributed by atoms with van der Waals surface area (Å²) in [5.74, 6) is 1.29. The lowest BCUT2D eigenvalue weighted by Gasteiger charge is -2.06. The molecule has 0 aliphatic rings. The van der Waals surface area contributed by atoms with Gasteiger partial charge in [0.1, 0.15) is 11.6 Å². The largest absolute Gasteiger partial charge is 0.497 e. The number of benzene rings is 2. The Kier molecular flexibility index (Phi) is 4.90. The predicted octanol–water partition coefficient (Wildman–Crippen LogP) is 2.76. The molecule has 2 aromatic carbocycles. The van der Waals surface area contributed by atoms with Gasteiger partial charge in [-0.25, -0.2) is 18.9 Å². The Morgan fingerprint density at radius 1 is 1.00 bits per heavy atom. The molecule has 4 aromatic rings. The normalized spacial score (nSPS) is 11.1. The van der Waals surface area contributed by atoms with Crippen LogP contribution in [-0.4, -0.2) is 33.4 Å². The SMILES string of the molecule is COCc1cc2nn(Cc3cccc(OC)c3)c(=O)n2c(-c2ccccc2)n1. The molecular weight excluding hydrogens is 356 g/mol. The van der Waals surface area contributed by atoms with Crippen LogP contribution in [0.4, 0.5) is 0 Å². The van der Waals surface area contributed by atoms with Gasteiger partial charge in [0, 0.05) is 18.7 Å². The molecule has 142 valence electrons. The highest BCUT2D eigenvalue weighted by molar-refractivity contribution is 5.59. The van der Waals surface area contributed by atoms with E-state index in [1.54, 1.807) is 20.3 Å². The minimum Gasteiger partial charge on any atom is -0.497 e. The molecule has 0 radical (unpaired) electrons. The number of nitrogens with zero attached hydrogens (tertiary/aromatic N) is 4. The van der Waals surface area contributed by atoms with E-state index in [0.29, 0.717) is 30.3 Å². The van der Waals surface area contributed by atoms with Crippen LogP contribution < -0.4 is 10.4 Å². The fraction of sp³-hybridized carbons (Fsp3) is 0.190. The second kappa shape index (κ2) is 7.66. The Morgan fingerprint density at radius 3 is 2.57 bits per heavy atom. The van der Waals surface area contributed by atoms with E-state index < -0.39 is 0 Å². The maximum Gasteiger partial charge on any atom is 0.352 e. The van der Waals surface area contributed by atoms with Crippen LogP contribution in [0.2, 0.25) is 0 Å². The highest BCUT2D eigenvalue weighted by Crippen LogP contribution is 2.19. The molecule has 0 saturated heterocycles. The predicted molar refractivity (Wildman–Crippen MR) is 105 cm³/mol. The first-order valence-electron chi connectivity index (χ1n) is 8.86. The molecule has 0 saturated carbocycles. The van der Waals surface area contributed by atoms with Gasteiger partial charge >= 0.3 is 5.69 Å². The van der Waals surface area contributed by atoms with Gasteiger partial charge in [0.05, 0.1) is 26.0 Å². The minimum atomic E-state index is -0.242. The zero-order chi connectivity index (χ0) is 19.5. The maximum atomic E-state index is 13.1. The van der Waals surface area contributed by atoms with E-state index in [9.17, 15) is 4.79 Å². The molecular formula is C21H20N4O3. The Hall–Kier alpha value is -3.45.